The normalized spacial score (nSPS) is 12.3. The average Bonchev–Trinajstić information content (AvgIpc) is 2.60. The molecule has 0 aromatic heterocycles. The predicted octanol–water partition coefficient (Wildman–Crippen LogP) is 5.54. The summed E-state index contributed by atoms with van der Waals surface area (Å²) in [6.45, 7) is 0. The highest BCUT2D eigenvalue weighted by atomic mass is 19.4. The molecule has 0 saturated heterocycles. The monoisotopic (exact) mass is 389 g/mol. The predicted molar refractivity (Wildman–Crippen MR) is 86.5 cm³/mol. The van der Waals surface area contributed by atoms with Crippen LogP contribution in [0.15, 0.2) is 54.7 Å². The minimum absolute atomic E-state index is 0.0252. The van der Waals surface area contributed by atoms with E-state index in [4.69, 9.17) is 4.74 Å². The molecule has 0 atom stereocenters. The van der Waals surface area contributed by atoms with Crippen LogP contribution in [0.2, 0.25) is 0 Å². The van der Waals surface area contributed by atoms with Gasteiger partial charge in [-0.25, -0.2) is 0 Å². The molecule has 0 amide bonds. The number of methoxy groups -OCH3 is 1. The number of allylic oxidation sites excluding steroid dienone is 1. The number of alkyl halides is 6. The van der Waals surface area contributed by atoms with E-state index in [1.807, 2.05) is 0 Å². The molecule has 0 aliphatic rings. The lowest BCUT2D eigenvalue weighted by molar-refractivity contribution is -0.143. The molecule has 2 aromatic carbocycles. The van der Waals surface area contributed by atoms with Crippen molar-refractivity contribution in [3.05, 3.63) is 71.4 Å². The van der Waals surface area contributed by atoms with Gasteiger partial charge in [0.2, 0.25) is 0 Å². The number of ketones is 1. The van der Waals surface area contributed by atoms with Gasteiger partial charge in [-0.3, -0.25) is 4.79 Å². The number of hydrogen-bond acceptors (Lipinski definition) is 3. The maximum Gasteiger partial charge on any atom is 0.416 e. The highest BCUT2D eigenvalue weighted by Crippen LogP contribution is 2.37. The Labute approximate surface area is 150 Å². The number of carbonyl (C=O) groups is 1. The summed E-state index contributed by atoms with van der Waals surface area (Å²) in [7, 11) is 1.45. The summed E-state index contributed by atoms with van der Waals surface area (Å²) in [5, 5.41) is 2.27. The molecule has 0 unspecified atom stereocenters. The van der Waals surface area contributed by atoms with Gasteiger partial charge in [0.1, 0.15) is 5.75 Å². The quantitative estimate of drug-likeness (QED) is 0.415. The van der Waals surface area contributed by atoms with E-state index >= 15 is 0 Å². The van der Waals surface area contributed by atoms with Gasteiger partial charge >= 0.3 is 12.4 Å². The molecule has 2 aromatic rings. The van der Waals surface area contributed by atoms with Crippen molar-refractivity contribution in [1.82, 2.24) is 0 Å². The molecule has 0 heterocycles. The maximum absolute atomic E-state index is 12.8. The van der Waals surface area contributed by atoms with E-state index in [0.29, 0.717) is 17.9 Å². The van der Waals surface area contributed by atoms with E-state index in [9.17, 15) is 31.1 Å². The van der Waals surface area contributed by atoms with Crippen molar-refractivity contribution in [3.8, 4) is 5.75 Å². The van der Waals surface area contributed by atoms with Crippen LogP contribution in [0.25, 0.3) is 0 Å². The number of rotatable bonds is 5. The van der Waals surface area contributed by atoms with Gasteiger partial charge < -0.3 is 10.1 Å². The second kappa shape index (κ2) is 7.73. The number of carbonyl (C=O) groups excluding carboxylic acids is 1. The SMILES string of the molecule is COc1ccc(C(=O)C=CNc2cc(C(F)(F)F)cc(C(F)(F)F)c2)cc1. The van der Waals surface area contributed by atoms with E-state index in [2.05, 4.69) is 5.32 Å². The first-order valence-electron chi connectivity index (χ1n) is 7.41. The summed E-state index contributed by atoms with van der Waals surface area (Å²) in [4.78, 5) is 12.0. The Morgan fingerprint density at radius 2 is 1.44 bits per heavy atom. The van der Waals surface area contributed by atoms with Crippen LogP contribution in [-0.2, 0) is 12.4 Å². The van der Waals surface area contributed by atoms with Crippen LogP contribution in [0.5, 0.6) is 5.75 Å². The van der Waals surface area contributed by atoms with Crippen LogP contribution in [0.3, 0.4) is 0 Å². The first-order valence-corrected chi connectivity index (χ1v) is 7.41. The summed E-state index contributed by atoms with van der Waals surface area (Å²) in [5.74, 6) is 0.0328. The fourth-order valence-electron chi connectivity index (χ4n) is 2.10. The molecule has 9 heteroatoms. The molecule has 2 rings (SSSR count). The first kappa shape index (κ1) is 20.3. The molecule has 27 heavy (non-hydrogen) atoms. The molecule has 3 nitrogen and oxygen atoms in total. The van der Waals surface area contributed by atoms with Crippen LogP contribution in [0.4, 0.5) is 32.0 Å². The molecule has 1 N–H and O–H groups in total. The third kappa shape index (κ3) is 5.50. The van der Waals surface area contributed by atoms with E-state index in [1.54, 1.807) is 0 Å². The van der Waals surface area contributed by atoms with E-state index in [1.165, 1.54) is 31.4 Å². The molecular formula is C18H13F6NO2. The topological polar surface area (TPSA) is 38.3 Å². The van der Waals surface area contributed by atoms with Crippen molar-refractivity contribution in [3.63, 3.8) is 0 Å². The van der Waals surface area contributed by atoms with Gasteiger partial charge in [0.05, 0.1) is 18.2 Å². The Morgan fingerprint density at radius 1 is 0.926 bits per heavy atom. The molecule has 144 valence electrons. The smallest absolute Gasteiger partial charge is 0.416 e. The zero-order valence-electron chi connectivity index (χ0n) is 13.8. The standard InChI is InChI=1S/C18H13F6NO2/c1-27-15-4-2-11(3-5-15)16(26)6-7-25-14-9-12(17(19,20)21)8-13(10-14)18(22,23)24/h2-10,25H,1H3. The summed E-state index contributed by atoms with van der Waals surface area (Å²) in [6, 6.07) is 7.09. The van der Waals surface area contributed by atoms with Crippen LogP contribution in [-0.4, -0.2) is 12.9 Å². The second-order valence-electron chi connectivity index (χ2n) is 5.36. The number of anilines is 1. The molecule has 0 bridgehead atoms. The van der Waals surface area contributed by atoms with Crippen molar-refractivity contribution >= 4 is 11.5 Å². The van der Waals surface area contributed by atoms with Crippen molar-refractivity contribution in [2.45, 2.75) is 12.4 Å². The third-order valence-electron chi connectivity index (χ3n) is 3.45. The summed E-state index contributed by atoms with van der Waals surface area (Å²) < 4.78 is 81.7. The Kier molecular flexibility index (Phi) is 5.82. The zero-order chi connectivity index (χ0) is 20.2. The highest BCUT2D eigenvalue weighted by molar-refractivity contribution is 6.04. The van der Waals surface area contributed by atoms with Crippen molar-refractivity contribution in [2.24, 2.45) is 0 Å². The van der Waals surface area contributed by atoms with Gasteiger partial charge in [-0.2, -0.15) is 26.3 Å². The van der Waals surface area contributed by atoms with Gasteiger partial charge in [0, 0.05) is 23.5 Å². The van der Waals surface area contributed by atoms with Crippen LogP contribution in [0.1, 0.15) is 21.5 Å². The van der Waals surface area contributed by atoms with Gasteiger partial charge in [-0.05, 0) is 42.5 Å². The van der Waals surface area contributed by atoms with Crippen molar-refractivity contribution < 1.29 is 35.9 Å². The molecule has 0 saturated carbocycles. The Hall–Kier alpha value is -2.97. The summed E-state index contributed by atoms with van der Waals surface area (Å²) >= 11 is 0. The lowest BCUT2D eigenvalue weighted by Crippen LogP contribution is -2.11. The molecule has 0 radical (unpaired) electrons. The molecule has 0 fully saturated rings. The van der Waals surface area contributed by atoms with E-state index in [-0.39, 0.29) is 11.6 Å². The number of nitrogens with one attached hydrogen (secondary N) is 1. The molecular weight excluding hydrogens is 376 g/mol. The lowest BCUT2D eigenvalue weighted by atomic mass is 10.1. The number of ether oxygens (including phenoxy) is 1. The molecule has 0 aliphatic carbocycles. The second-order valence-corrected chi connectivity index (χ2v) is 5.36. The van der Waals surface area contributed by atoms with Crippen LogP contribution < -0.4 is 10.1 Å². The largest absolute Gasteiger partial charge is 0.497 e. The fraction of sp³-hybridized carbons (Fsp3) is 0.167. The van der Waals surface area contributed by atoms with Crippen molar-refractivity contribution in [1.29, 1.82) is 0 Å². The summed E-state index contributed by atoms with van der Waals surface area (Å²) in [6.07, 6.45) is -7.92. The Morgan fingerprint density at radius 3 is 1.89 bits per heavy atom. The number of hydrogen-bond donors (Lipinski definition) is 1. The fourth-order valence-corrected chi connectivity index (χ4v) is 2.10. The molecule has 0 aliphatic heterocycles. The zero-order valence-corrected chi connectivity index (χ0v) is 13.8. The number of benzene rings is 2. The van der Waals surface area contributed by atoms with Crippen LogP contribution in [0, 0.1) is 0 Å². The number of halogens is 6. The average molecular weight is 389 g/mol. The van der Waals surface area contributed by atoms with E-state index in [0.717, 1.165) is 12.3 Å². The first-order chi connectivity index (χ1) is 12.5. The lowest BCUT2D eigenvalue weighted by Gasteiger charge is -2.14. The minimum atomic E-state index is -4.94. The van der Waals surface area contributed by atoms with Crippen LogP contribution >= 0.6 is 0 Å². The maximum atomic E-state index is 12.8. The molecule has 0 spiro atoms. The van der Waals surface area contributed by atoms with Gasteiger partial charge in [-0.1, -0.05) is 0 Å². The van der Waals surface area contributed by atoms with Gasteiger partial charge in [0.25, 0.3) is 0 Å². The summed E-state index contributed by atoms with van der Waals surface area (Å²) in [5.41, 5.74) is -3.07. The minimum Gasteiger partial charge on any atom is -0.497 e. The highest BCUT2D eigenvalue weighted by Gasteiger charge is 2.36. The van der Waals surface area contributed by atoms with Gasteiger partial charge in [-0.15, -0.1) is 0 Å². The van der Waals surface area contributed by atoms with Crippen molar-refractivity contribution in [2.75, 3.05) is 12.4 Å². The van der Waals surface area contributed by atoms with E-state index < -0.39 is 35.0 Å². The third-order valence-corrected chi connectivity index (χ3v) is 3.45. The van der Waals surface area contributed by atoms with Gasteiger partial charge in [0.15, 0.2) is 5.78 Å². The Balaban J connectivity index is 2.20. The Bertz CT molecular complexity index is 806.